The van der Waals surface area contributed by atoms with Crippen molar-refractivity contribution in [2.75, 3.05) is 31.6 Å². The highest BCUT2D eigenvalue weighted by atomic mass is 32.1. The number of aromatic amines is 1. The first kappa shape index (κ1) is 15.9. The van der Waals surface area contributed by atoms with E-state index in [-0.39, 0.29) is 10.8 Å². The number of anilines is 1. The predicted molar refractivity (Wildman–Crippen MR) is 90.8 cm³/mol. The molecule has 23 heavy (non-hydrogen) atoms. The van der Waals surface area contributed by atoms with Gasteiger partial charge in [0.25, 0.3) is 0 Å². The number of ether oxygens (including phenoxy) is 1. The van der Waals surface area contributed by atoms with Gasteiger partial charge in [0.2, 0.25) is 5.91 Å². The fourth-order valence-corrected chi connectivity index (χ4v) is 3.49. The summed E-state index contributed by atoms with van der Waals surface area (Å²) in [4.78, 5) is 29.1. The Morgan fingerprint density at radius 3 is 2.65 bits per heavy atom. The van der Waals surface area contributed by atoms with Crippen LogP contribution < -0.4 is 10.2 Å². The van der Waals surface area contributed by atoms with Crippen molar-refractivity contribution >= 4 is 22.9 Å². The summed E-state index contributed by atoms with van der Waals surface area (Å²) in [6.45, 7) is 5.46. The van der Waals surface area contributed by atoms with Gasteiger partial charge >= 0.3 is 4.87 Å². The number of carbonyl (C=O) groups is 1. The molecule has 1 aliphatic rings. The van der Waals surface area contributed by atoms with Crippen molar-refractivity contribution in [2.45, 2.75) is 13.5 Å². The van der Waals surface area contributed by atoms with Gasteiger partial charge in [0.05, 0.1) is 18.9 Å². The number of amides is 1. The fraction of sp³-hybridized carbons (Fsp3) is 0.375. The average Bonchev–Trinajstić information content (AvgIpc) is 2.89. The minimum absolute atomic E-state index is 0.0470. The number of benzene rings is 1. The Morgan fingerprint density at radius 1 is 1.30 bits per heavy atom. The molecule has 2 N–H and O–H groups in total. The van der Waals surface area contributed by atoms with Crippen molar-refractivity contribution < 1.29 is 9.53 Å². The van der Waals surface area contributed by atoms with E-state index in [4.69, 9.17) is 4.74 Å². The lowest BCUT2D eigenvalue weighted by Crippen LogP contribution is -2.35. The van der Waals surface area contributed by atoms with Crippen molar-refractivity contribution in [1.29, 1.82) is 0 Å². The van der Waals surface area contributed by atoms with Crippen LogP contribution in [0.5, 0.6) is 0 Å². The van der Waals surface area contributed by atoms with Crippen molar-refractivity contribution in [3.63, 3.8) is 0 Å². The van der Waals surface area contributed by atoms with E-state index >= 15 is 0 Å². The van der Waals surface area contributed by atoms with Gasteiger partial charge in [-0.3, -0.25) is 14.5 Å². The summed E-state index contributed by atoms with van der Waals surface area (Å²) in [5.41, 5.74) is 2.55. The van der Waals surface area contributed by atoms with Crippen LogP contribution in [-0.4, -0.2) is 42.1 Å². The summed E-state index contributed by atoms with van der Waals surface area (Å²) >= 11 is 1.25. The van der Waals surface area contributed by atoms with Crippen LogP contribution in [0.2, 0.25) is 0 Å². The van der Waals surface area contributed by atoms with Crippen LogP contribution in [0.4, 0.5) is 5.69 Å². The quantitative estimate of drug-likeness (QED) is 0.896. The lowest BCUT2D eigenvalue weighted by Gasteiger charge is -2.26. The molecule has 1 fully saturated rings. The molecule has 0 unspecified atom stereocenters. The Balaban J connectivity index is 1.81. The number of nitrogens with zero attached hydrogens (tertiary/aromatic N) is 1. The summed E-state index contributed by atoms with van der Waals surface area (Å²) in [6, 6.07) is 7.49. The van der Waals surface area contributed by atoms with E-state index in [1.165, 1.54) is 18.3 Å². The van der Waals surface area contributed by atoms with Crippen LogP contribution in [0.15, 0.2) is 29.1 Å². The maximum absolute atomic E-state index is 11.8. The van der Waals surface area contributed by atoms with Crippen LogP contribution in [0.25, 0.3) is 11.3 Å². The molecular weight excluding hydrogens is 314 g/mol. The maximum atomic E-state index is 11.8. The van der Waals surface area contributed by atoms with Crippen molar-refractivity contribution in [1.82, 2.24) is 9.88 Å². The first-order chi connectivity index (χ1) is 11.1. The largest absolute Gasteiger partial charge is 0.379 e. The van der Waals surface area contributed by atoms with Crippen molar-refractivity contribution in [3.8, 4) is 11.3 Å². The van der Waals surface area contributed by atoms with Gasteiger partial charge < -0.3 is 15.0 Å². The summed E-state index contributed by atoms with van der Waals surface area (Å²) in [7, 11) is 0. The fourth-order valence-electron chi connectivity index (χ4n) is 2.59. The first-order valence-electron chi connectivity index (χ1n) is 7.52. The first-order valence-corrected chi connectivity index (χ1v) is 8.33. The molecule has 6 nitrogen and oxygen atoms in total. The second kappa shape index (κ2) is 7.08. The molecule has 1 aromatic heterocycles. The van der Waals surface area contributed by atoms with Gasteiger partial charge in [0.1, 0.15) is 0 Å². The minimum Gasteiger partial charge on any atom is -0.379 e. The summed E-state index contributed by atoms with van der Waals surface area (Å²) in [5, 5.41) is 2.74. The molecule has 1 aromatic carbocycles. The van der Waals surface area contributed by atoms with E-state index in [0.717, 1.165) is 54.7 Å². The number of nitrogens with one attached hydrogen (secondary N) is 2. The number of carbonyl (C=O) groups excluding carboxylic acids is 1. The number of H-pyrrole nitrogens is 1. The molecule has 3 rings (SSSR count). The molecule has 2 heterocycles. The molecule has 2 aromatic rings. The molecule has 1 saturated heterocycles. The highest BCUT2D eigenvalue weighted by molar-refractivity contribution is 7.09. The highest BCUT2D eigenvalue weighted by Gasteiger charge is 2.16. The summed E-state index contributed by atoms with van der Waals surface area (Å²) < 4.78 is 5.36. The number of rotatable bonds is 4. The van der Waals surface area contributed by atoms with Gasteiger partial charge in [-0.05, 0) is 17.7 Å². The monoisotopic (exact) mass is 333 g/mol. The Kier molecular flexibility index (Phi) is 4.90. The Hall–Kier alpha value is -1.96. The molecule has 122 valence electrons. The van der Waals surface area contributed by atoms with Gasteiger partial charge in [-0.1, -0.05) is 23.5 Å². The molecule has 0 aliphatic carbocycles. The van der Waals surface area contributed by atoms with E-state index in [9.17, 15) is 9.59 Å². The van der Waals surface area contributed by atoms with Crippen molar-refractivity contribution in [3.05, 3.63) is 38.8 Å². The van der Waals surface area contributed by atoms with Gasteiger partial charge in [-0.2, -0.15) is 0 Å². The van der Waals surface area contributed by atoms with Crippen LogP contribution in [0.3, 0.4) is 0 Å². The summed E-state index contributed by atoms with van der Waals surface area (Å²) in [6.07, 6.45) is 0. The predicted octanol–water partition coefficient (Wildman–Crippen LogP) is 1.89. The topological polar surface area (TPSA) is 74.4 Å². The molecule has 0 atom stereocenters. The van der Waals surface area contributed by atoms with Crippen LogP contribution in [0.1, 0.15) is 11.8 Å². The van der Waals surface area contributed by atoms with E-state index in [0.29, 0.717) is 0 Å². The van der Waals surface area contributed by atoms with E-state index in [1.807, 2.05) is 24.3 Å². The second-order valence-corrected chi connectivity index (χ2v) is 6.53. The lowest BCUT2D eigenvalue weighted by atomic mass is 10.1. The number of hydrogen-bond acceptors (Lipinski definition) is 5. The highest BCUT2D eigenvalue weighted by Crippen LogP contribution is 2.26. The Bertz CT molecular complexity index is 730. The average molecular weight is 333 g/mol. The SMILES string of the molecule is CC(=O)Nc1ccc(-c2[nH]c(=O)sc2CN2CCOCC2)cc1. The second-order valence-electron chi connectivity index (χ2n) is 5.46. The normalized spacial score (nSPS) is 15.5. The van der Waals surface area contributed by atoms with E-state index < -0.39 is 0 Å². The van der Waals surface area contributed by atoms with Crippen LogP contribution >= 0.6 is 11.3 Å². The molecule has 0 saturated carbocycles. The molecule has 0 spiro atoms. The Labute approximate surface area is 138 Å². The molecule has 1 amide bonds. The number of aromatic nitrogens is 1. The third-order valence-corrected chi connectivity index (χ3v) is 4.55. The smallest absolute Gasteiger partial charge is 0.305 e. The van der Waals surface area contributed by atoms with E-state index in [2.05, 4.69) is 15.2 Å². The zero-order chi connectivity index (χ0) is 16.2. The molecule has 0 radical (unpaired) electrons. The zero-order valence-corrected chi connectivity index (χ0v) is 13.7. The summed E-state index contributed by atoms with van der Waals surface area (Å²) in [5.74, 6) is -0.102. The van der Waals surface area contributed by atoms with Crippen LogP contribution in [0, 0.1) is 0 Å². The standard InChI is InChI=1S/C16H19N3O3S/c1-11(20)17-13-4-2-12(3-5-13)15-14(23-16(21)18-15)10-19-6-8-22-9-7-19/h2-5H,6-10H2,1H3,(H,17,20)(H,18,21). The van der Waals surface area contributed by atoms with Gasteiger partial charge in [0.15, 0.2) is 0 Å². The minimum atomic E-state index is -0.102. The molecule has 0 bridgehead atoms. The third-order valence-electron chi connectivity index (χ3n) is 3.69. The third kappa shape index (κ3) is 4.07. The zero-order valence-electron chi connectivity index (χ0n) is 12.9. The van der Waals surface area contributed by atoms with Crippen LogP contribution in [-0.2, 0) is 16.1 Å². The lowest BCUT2D eigenvalue weighted by molar-refractivity contribution is -0.114. The maximum Gasteiger partial charge on any atom is 0.305 e. The number of thiazole rings is 1. The number of hydrogen-bond donors (Lipinski definition) is 2. The molecule has 1 aliphatic heterocycles. The van der Waals surface area contributed by atoms with Gasteiger partial charge in [-0.25, -0.2) is 0 Å². The number of morpholine rings is 1. The molecule has 7 heteroatoms. The van der Waals surface area contributed by atoms with Gasteiger partial charge in [0, 0.05) is 37.1 Å². The van der Waals surface area contributed by atoms with E-state index in [1.54, 1.807) is 0 Å². The van der Waals surface area contributed by atoms with Gasteiger partial charge in [-0.15, -0.1) is 0 Å². The Morgan fingerprint density at radius 2 is 2.00 bits per heavy atom. The van der Waals surface area contributed by atoms with Crippen molar-refractivity contribution in [2.24, 2.45) is 0 Å². The molecular formula is C16H19N3O3S.